The van der Waals surface area contributed by atoms with Crippen LogP contribution in [0.1, 0.15) is 12.5 Å². The molecule has 7 nitrogen and oxygen atoms in total. The lowest BCUT2D eigenvalue weighted by Crippen LogP contribution is -2.35. The van der Waals surface area contributed by atoms with E-state index in [1.807, 2.05) is 28.7 Å². The lowest BCUT2D eigenvalue weighted by molar-refractivity contribution is -0.144. The molecule has 0 aliphatic carbocycles. The van der Waals surface area contributed by atoms with E-state index in [-0.39, 0.29) is 5.57 Å². The van der Waals surface area contributed by atoms with Gasteiger partial charge in [-0.2, -0.15) is 0 Å². The molecular weight excluding hydrogens is 463 g/mol. The number of carbonyl (C=O) groups excluding carboxylic acids is 2. The van der Waals surface area contributed by atoms with Crippen molar-refractivity contribution in [2.75, 3.05) is 5.01 Å². The van der Waals surface area contributed by atoms with Gasteiger partial charge in [0.15, 0.2) is 6.10 Å². The minimum Gasteiger partial charge on any atom is -0.479 e. The van der Waals surface area contributed by atoms with Gasteiger partial charge in [0.25, 0.3) is 11.8 Å². The van der Waals surface area contributed by atoms with Gasteiger partial charge in [-0.25, -0.2) is 9.80 Å². The van der Waals surface area contributed by atoms with Gasteiger partial charge in [-0.3, -0.25) is 15.0 Å². The molecule has 2 N–H and O–H groups in total. The maximum Gasteiger partial charge on any atom is 0.344 e. The zero-order valence-corrected chi connectivity index (χ0v) is 16.3. The van der Waals surface area contributed by atoms with Crippen LogP contribution in [0, 0.1) is 3.57 Å². The number of halogens is 1. The number of hydrazine groups is 1. The summed E-state index contributed by atoms with van der Waals surface area (Å²) in [5.41, 5.74) is 3.75. The lowest BCUT2D eigenvalue weighted by atomic mass is 10.1. The molecule has 2 aromatic carbocycles. The van der Waals surface area contributed by atoms with Crippen molar-refractivity contribution in [1.29, 1.82) is 0 Å². The zero-order chi connectivity index (χ0) is 19.6. The summed E-state index contributed by atoms with van der Waals surface area (Å²) in [4.78, 5) is 35.7. The van der Waals surface area contributed by atoms with Crippen molar-refractivity contribution in [2.45, 2.75) is 13.0 Å². The Labute approximate surface area is 168 Å². The fourth-order valence-corrected chi connectivity index (χ4v) is 3.09. The van der Waals surface area contributed by atoms with E-state index < -0.39 is 23.9 Å². The van der Waals surface area contributed by atoms with Crippen LogP contribution in [0.15, 0.2) is 54.1 Å². The molecule has 1 atom stereocenters. The Morgan fingerprint density at radius 2 is 1.93 bits per heavy atom. The summed E-state index contributed by atoms with van der Waals surface area (Å²) in [6.45, 7) is 1.44. The quantitative estimate of drug-likeness (QED) is 0.392. The summed E-state index contributed by atoms with van der Waals surface area (Å²) in [5, 5.41) is 10.1. The molecule has 0 spiro atoms. The molecule has 2 aromatic rings. The Morgan fingerprint density at radius 1 is 1.22 bits per heavy atom. The highest BCUT2D eigenvalue weighted by Crippen LogP contribution is 2.26. The Bertz CT molecular complexity index is 942. The van der Waals surface area contributed by atoms with Gasteiger partial charge >= 0.3 is 5.97 Å². The number of para-hydroxylation sites is 1. The number of carboxylic acids is 1. The molecule has 2 amide bonds. The Kier molecular flexibility index (Phi) is 5.45. The van der Waals surface area contributed by atoms with Crippen molar-refractivity contribution in [3.8, 4) is 5.75 Å². The molecular formula is C19H15IN2O5. The molecule has 1 fully saturated rings. The number of nitrogens with zero attached hydrogens (tertiary/aromatic N) is 1. The van der Waals surface area contributed by atoms with Crippen LogP contribution in [0.5, 0.6) is 5.75 Å². The average Bonchev–Trinajstić information content (AvgIpc) is 2.92. The second-order valence-corrected chi connectivity index (χ2v) is 6.93. The molecule has 1 saturated heterocycles. The summed E-state index contributed by atoms with van der Waals surface area (Å²) >= 11 is 2.01. The number of ether oxygens (including phenoxy) is 1. The molecule has 1 heterocycles. The molecule has 3 rings (SSSR count). The Morgan fingerprint density at radius 3 is 2.56 bits per heavy atom. The summed E-state index contributed by atoms with van der Waals surface area (Å²) in [7, 11) is 0. The topological polar surface area (TPSA) is 95.9 Å². The van der Waals surface area contributed by atoms with Crippen molar-refractivity contribution in [2.24, 2.45) is 0 Å². The van der Waals surface area contributed by atoms with Crippen molar-refractivity contribution in [3.63, 3.8) is 0 Å². The molecule has 27 heavy (non-hydrogen) atoms. The van der Waals surface area contributed by atoms with E-state index in [4.69, 9.17) is 9.84 Å². The van der Waals surface area contributed by atoms with Crippen molar-refractivity contribution in [1.82, 2.24) is 5.43 Å². The fraction of sp³-hybridized carbons (Fsp3) is 0.105. The Hall–Kier alpha value is -2.88. The molecule has 0 saturated carbocycles. The summed E-state index contributed by atoms with van der Waals surface area (Å²) in [5.74, 6) is -1.58. The molecule has 1 aliphatic heterocycles. The third-order valence-corrected chi connectivity index (χ3v) is 4.67. The Balaban J connectivity index is 1.84. The number of hydrogen-bond donors (Lipinski definition) is 2. The van der Waals surface area contributed by atoms with Crippen LogP contribution in [-0.2, 0) is 14.4 Å². The van der Waals surface area contributed by atoms with Crippen LogP contribution in [0.3, 0.4) is 0 Å². The minimum absolute atomic E-state index is 0.0159. The molecule has 1 aliphatic rings. The van der Waals surface area contributed by atoms with Crippen molar-refractivity contribution >= 4 is 52.1 Å². The van der Waals surface area contributed by atoms with E-state index in [1.165, 1.54) is 18.0 Å². The SMILES string of the molecule is C[C@@H](Oc1ccc(/C=C2/C(=O)NN(c3ccccc3)C2=O)cc1I)C(=O)O. The zero-order valence-electron chi connectivity index (χ0n) is 14.2. The van der Waals surface area contributed by atoms with E-state index in [2.05, 4.69) is 5.43 Å². The van der Waals surface area contributed by atoms with Crippen LogP contribution in [0.4, 0.5) is 5.69 Å². The first-order valence-electron chi connectivity index (χ1n) is 7.98. The number of hydrogen-bond acceptors (Lipinski definition) is 4. The van der Waals surface area contributed by atoms with Crippen molar-refractivity contribution < 1.29 is 24.2 Å². The van der Waals surface area contributed by atoms with Crippen LogP contribution in [-0.4, -0.2) is 29.0 Å². The first-order valence-corrected chi connectivity index (χ1v) is 9.06. The van der Waals surface area contributed by atoms with Crippen molar-refractivity contribution in [3.05, 3.63) is 63.2 Å². The minimum atomic E-state index is -1.06. The van der Waals surface area contributed by atoms with E-state index in [0.717, 1.165) is 0 Å². The number of carbonyl (C=O) groups is 3. The van der Waals surface area contributed by atoms with E-state index in [0.29, 0.717) is 20.6 Å². The standard InChI is InChI=1S/C19H15IN2O5/c1-11(19(25)26)27-16-8-7-12(10-15(16)20)9-14-17(23)21-22(18(14)24)13-5-3-2-4-6-13/h2-11H,1H3,(H,21,23)(H,25,26)/b14-9-/t11-/m1/s1. The third-order valence-electron chi connectivity index (χ3n) is 3.82. The van der Waals surface area contributed by atoms with Gasteiger partial charge in [0.2, 0.25) is 0 Å². The highest BCUT2D eigenvalue weighted by atomic mass is 127. The van der Waals surface area contributed by atoms with Crippen LogP contribution < -0.4 is 15.2 Å². The predicted octanol–water partition coefficient (Wildman–Crippen LogP) is 2.60. The van der Waals surface area contributed by atoms with Gasteiger partial charge in [0, 0.05) is 0 Å². The highest BCUT2D eigenvalue weighted by molar-refractivity contribution is 14.1. The van der Waals surface area contributed by atoms with Crippen LogP contribution in [0.25, 0.3) is 6.08 Å². The number of nitrogens with one attached hydrogen (secondary N) is 1. The molecule has 138 valence electrons. The van der Waals surface area contributed by atoms with Crippen LogP contribution in [0.2, 0.25) is 0 Å². The number of benzene rings is 2. The first kappa shape index (κ1) is 18.9. The van der Waals surface area contributed by atoms with Gasteiger partial charge in [-0.05, 0) is 65.4 Å². The smallest absolute Gasteiger partial charge is 0.344 e. The maximum absolute atomic E-state index is 12.6. The van der Waals surface area contributed by atoms with E-state index >= 15 is 0 Å². The van der Waals surface area contributed by atoms with Gasteiger partial charge in [-0.1, -0.05) is 24.3 Å². The predicted molar refractivity (Wildman–Crippen MR) is 107 cm³/mol. The normalized spacial score (nSPS) is 16.4. The third kappa shape index (κ3) is 4.11. The maximum atomic E-state index is 12.6. The number of aliphatic carboxylic acids is 1. The monoisotopic (exact) mass is 478 g/mol. The number of rotatable bonds is 5. The molecule has 0 unspecified atom stereocenters. The molecule has 0 radical (unpaired) electrons. The van der Waals surface area contributed by atoms with E-state index in [9.17, 15) is 14.4 Å². The van der Waals surface area contributed by atoms with Gasteiger partial charge in [0.1, 0.15) is 11.3 Å². The summed E-state index contributed by atoms with van der Waals surface area (Å²) < 4.78 is 6.03. The first-order chi connectivity index (χ1) is 12.9. The number of amides is 2. The summed E-state index contributed by atoms with van der Waals surface area (Å²) in [6, 6.07) is 13.8. The van der Waals surface area contributed by atoms with Gasteiger partial charge in [-0.15, -0.1) is 0 Å². The van der Waals surface area contributed by atoms with Gasteiger partial charge in [0.05, 0.1) is 9.26 Å². The highest BCUT2D eigenvalue weighted by Gasteiger charge is 2.34. The van der Waals surface area contributed by atoms with Gasteiger partial charge < -0.3 is 9.84 Å². The van der Waals surface area contributed by atoms with Crippen LogP contribution >= 0.6 is 22.6 Å². The van der Waals surface area contributed by atoms with E-state index in [1.54, 1.807) is 42.5 Å². The largest absolute Gasteiger partial charge is 0.479 e. The average molecular weight is 478 g/mol. The molecule has 0 aromatic heterocycles. The molecule has 0 bridgehead atoms. The number of carboxylic acid groups (broad SMARTS) is 1. The molecule has 8 heteroatoms. The summed E-state index contributed by atoms with van der Waals surface area (Å²) in [6.07, 6.45) is 0.511. The number of anilines is 1. The lowest BCUT2D eigenvalue weighted by Gasteiger charge is -2.14. The second kappa shape index (κ2) is 7.78. The second-order valence-electron chi connectivity index (χ2n) is 5.76. The fourth-order valence-electron chi connectivity index (χ4n) is 2.43.